The zero-order valence-corrected chi connectivity index (χ0v) is 10.0. The molecular formula is C12H22N2O2. The molecule has 2 N–H and O–H groups in total. The van der Waals surface area contributed by atoms with Gasteiger partial charge in [-0.25, -0.2) is 0 Å². The number of amides is 1. The van der Waals surface area contributed by atoms with Crippen molar-refractivity contribution in [2.45, 2.75) is 32.2 Å². The molecule has 92 valence electrons. The van der Waals surface area contributed by atoms with Crippen LogP contribution in [0, 0.1) is 11.8 Å². The zero-order chi connectivity index (χ0) is 11.5. The third-order valence-corrected chi connectivity index (χ3v) is 3.94. The first-order valence-corrected chi connectivity index (χ1v) is 6.32. The standard InChI is InChI=1S/C12H22N2O2/c1-9-3-2-4-10(11(9)13)12(15)14-5-7-16-8-6-14/h9-11H,2-8,13H2,1H3. The van der Waals surface area contributed by atoms with Gasteiger partial charge >= 0.3 is 0 Å². The lowest BCUT2D eigenvalue weighted by molar-refractivity contribution is -0.141. The lowest BCUT2D eigenvalue weighted by atomic mass is 9.77. The molecule has 3 atom stereocenters. The number of rotatable bonds is 1. The van der Waals surface area contributed by atoms with E-state index in [1.165, 1.54) is 0 Å². The summed E-state index contributed by atoms with van der Waals surface area (Å²) in [5.41, 5.74) is 6.15. The molecule has 16 heavy (non-hydrogen) atoms. The molecule has 2 rings (SSSR count). The minimum atomic E-state index is 0.0434. The summed E-state index contributed by atoms with van der Waals surface area (Å²) < 4.78 is 5.26. The molecule has 1 amide bonds. The van der Waals surface area contributed by atoms with E-state index in [1.54, 1.807) is 0 Å². The van der Waals surface area contributed by atoms with Gasteiger partial charge in [-0.2, -0.15) is 0 Å². The Hall–Kier alpha value is -0.610. The summed E-state index contributed by atoms with van der Waals surface area (Å²) in [7, 11) is 0. The molecule has 2 fully saturated rings. The Morgan fingerprint density at radius 3 is 2.69 bits per heavy atom. The van der Waals surface area contributed by atoms with Crippen molar-refractivity contribution in [2.75, 3.05) is 26.3 Å². The summed E-state index contributed by atoms with van der Waals surface area (Å²) in [6.07, 6.45) is 3.26. The lowest BCUT2D eigenvalue weighted by Gasteiger charge is -2.37. The van der Waals surface area contributed by atoms with Crippen LogP contribution >= 0.6 is 0 Å². The summed E-state index contributed by atoms with van der Waals surface area (Å²) in [5, 5.41) is 0. The number of hydrogen-bond acceptors (Lipinski definition) is 3. The Balaban J connectivity index is 1.96. The van der Waals surface area contributed by atoms with Gasteiger partial charge in [-0.1, -0.05) is 13.3 Å². The molecule has 4 heteroatoms. The second-order valence-electron chi connectivity index (χ2n) is 5.03. The number of nitrogens with two attached hydrogens (primary N) is 1. The van der Waals surface area contributed by atoms with Crippen molar-refractivity contribution in [2.24, 2.45) is 17.6 Å². The summed E-state index contributed by atoms with van der Waals surface area (Å²) in [6.45, 7) is 4.96. The molecule has 1 saturated heterocycles. The van der Waals surface area contributed by atoms with E-state index in [9.17, 15) is 4.79 Å². The maximum atomic E-state index is 12.3. The van der Waals surface area contributed by atoms with Crippen molar-refractivity contribution in [1.29, 1.82) is 0 Å². The van der Waals surface area contributed by atoms with E-state index in [4.69, 9.17) is 10.5 Å². The molecule has 0 aromatic rings. The van der Waals surface area contributed by atoms with E-state index in [2.05, 4.69) is 6.92 Å². The van der Waals surface area contributed by atoms with Crippen LogP contribution in [-0.4, -0.2) is 43.2 Å². The highest BCUT2D eigenvalue weighted by atomic mass is 16.5. The highest BCUT2D eigenvalue weighted by Gasteiger charge is 2.35. The average molecular weight is 226 g/mol. The quantitative estimate of drug-likeness (QED) is 0.712. The van der Waals surface area contributed by atoms with Crippen molar-refractivity contribution in [1.82, 2.24) is 4.90 Å². The van der Waals surface area contributed by atoms with Gasteiger partial charge in [0.25, 0.3) is 0 Å². The van der Waals surface area contributed by atoms with E-state index in [1.807, 2.05) is 4.90 Å². The van der Waals surface area contributed by atoms with Crippen molar-refractivity contribution in [3.8, 4) is 0 Å². The van der Waals surface area contributed by atoms with Gasteiger partial charge < -0.3 is 15.4 Å². The number of ether oxygens (including phenoxy) is 1. The molecule has 1 saturated carbocycles. The van der Waals surface area contributed by atoms with Gasteiger partial charge in [0, 0.05) is 19.1 Å². The third-order valence-electron chi connectivity index (χ3n) is 3.94. The molecule has 0 aromatic heterocycles. The maximum absolute atomic E-state index is 12.3. The molecule has 1 aliphatic heterocycles. The number of hydrogen-bond donors (Lipinski definition) is 1. The monoisotopic (exact) mass is 226 g/mol. The van der Waals surface area contributed by atoms with Gasteiger partial charge in [-0.05, 0) is 18.8 Å². The molecule has 3 unspecified atom stereocenters. The first kappa shape index (κ1) is 11.9. The lowest BCUT2D eigenvalue weighted by Crippen LogP contribution is -2.51. The van der Waals surface area contributed by atoms with Gasteiger partial charge in [0.1, 0.15) is 0 Å². The summed E-state index contributed by atoms with van der Waals surface area (Å²) >= 11 is 0. The number of morpholine rings is 1. The molecule has 0 aromatic carbocycles. The molecular weight excluding hydrogens is 204 g/mol. The van der Waals surface area contributed by atoms with Crippen molar-refractivity contribution in [3.63, 3.8) is 0 Å². The topological polar surface area (TPSA) is 55.6 Å². The van der Waals surface area contributed by atoms with Crippen LogP contribution in [0.15, 0.2) is 0 Å². The Labute approximate surface area is 97.1 Å². The van der Waals surface area contributed by atoms with Crippen molar-refractivity contribution in [3.05, 3.63) is 0 Å². The van der Waals surface area contributed by atoms with E-state index in [0.717, 1.165) is 32.4 Å². The molecule has 2 aliphatic rings. The predicted molar refractivity (Wildman–Crippen MR) is 61.9 cm³/mol. The minimum absolute atomic E-state index is 0.0434. The van der Waals surface area contributed by atoms with Crippen LogP contribution in [0.5, 0.6) is 0 Å². The van der Waals surface area contributed by atoms with Gasteiger partial charge in [0.2, 0.25) is 5.91 Å². The van der Waals surface area contributed by atoms with Crippen molar-refractivity contribution >= 4 is 5.91 Å². The zero-order valence-electron chi connectivity index (χ0n) is 10.0. The van der Waals surface area contributed by atoms with Crippen LogP contribution in [0.3, 0.4) is 0 Å². The van der Waals surface area contributed by atoms with E-state index in [-0.39, 0.29) is 17.9 Å². The van der Waals surface area contributed by atoms with Crippen LogP contribution < -0.4 is 5.73 Å². The van der Waals surface area contributed by atoms with Crippen LogP contribution in [0.4, 0.5) is 0 Å². The number of carbonyl (C=O) groups is 1. The molecule has 1 aliphatic carbocycles. The molecule has 0 bridgehead atoms. The second kappa shape index (κ2) is 5.15. The van der Waals surface area contributed by atoms with Crippen LogP contribution in [0.2, 0.25) is 0 Å². The average Bonchev–Trinajstić information content (AvgIpc) is 2.33. The van der Waals surface area contributed by atoms with Gasteiger partial charge in [-0.3, -0.25) is 4.79 Å². The molecule has 0 radical (unpaired) electrons. The fourth-order valence-electron chi connectivity index (χ4n) is 2.75. The first-order chi connectivity index (χ1) is 7.70. The summed E-state index contributed by atoms with van der Waals surface area (Å²) in [5.74, 6) is 0.771. The molecule has 4 nitrogen and oxygen atoms in total. The SMILES string of the molecule is CC1CCCC(C(=O)N2CCOCC2)C1N. The second-order valence-corrected chi connectivity index (χ2v) is 5.03. The van der Waals surface area contributed by atoms with Crippen LogP contribution in [0.1, 0.15) is 26.2 Å². The van der Waals surface area contributed by atoms with E-state index < -0.39 is 0 Å². The Morgan fingerprint density at radius 2 is 2.00 bits per heavy atom. The highest BCUT2D eigenvalue weighted by molar-refractivity contribution is 5.79. The fraction of sp³-hybridized carbons (Fsp3) is 0.917. The van der Waals surface area contributed by atoms with Gasteiger partial charge in [0.05, 0.1) is 19.1 Å². The number of nitrogens with zero attached hydrogens (tertiary/aromatic N) is 1. The van der Waals surface area contributed by atoms with E-state index in [0.29, 0.717) is 19.1 Å². The normalized spacial score (nSPS) is 36.1. The van der Waals surface area contributed by atoms with Gasteiger partial charge in [0.15, 0.2) is 0 Å². The molecule has 1 heterocycles. The van der Waals surface area contributed by atoms with E-state index >= 15 is 0 Å². The summed E-state index contributed by atoms with van der Waals surface area (Å²) in [4.78, 5) is 14.2. The molecule has 0 spiro atoms. The Bertz CT molecular complexity index is 251. The van der Waals surface area contributed by atoms with Gasteiger partial charge in [-0.15, -0.1) is 0 Å². The third kappa shape index (κ3) is 2.38. The largest absolute Gasteiger partial charge is 0.378 e. The van der Waals surface area contributed by atoms with Crippen LogP contribution in [0.25, 0.3) is 0 Å². The smallest absolute Gasteiger partial charge is 0.227 e. The summed E-state index contributed by atoms with van der Waals surface area (Å²) in [6, 6.07) is 0.0455. The van der Waals surface area contributed by atoms with Crippen LogP contribution in [-0.2, 0) is 9.53 Å². The minimum Gasteiger partial charge on any atom is -0.378 e. The highest BCUT2D eigenvalue weighted by Crippen LogP contribution is 2.29. The Kier molecular flexibility index (Phi) is 3.82. The predicted octanol–water partition coefficient (Wildman–Crippen LogP) is 0.609. The number of carbonyl (C=O) groups excluding carboxylic acids is 1. The Morgan fingerprint density at radius 1 is 1.31 bits per heavy atom. The first-order valence-electron chi connectivity index (χ1n) is 6.32. The van der Waals surface area contributed by atoms with Crippen molar-refractivity contribution < 1.29 is 9.53 Å². The maximum Gasteiger partial charge on any atom is 0.227 e. The fourth-order valence-corrected chi connectivity index (χ4v) is 2.75.